The Balaban J connectivity index is 1.29. The average molecular weight is 335 g/mol. The number of likely N-dealkylation sites (tertiary alicyclic amines) is 2. The van der Waals surface area contributed by atoms with Crippen molar-refractivity contribution in [3.8, 4) is 0 Å². The van der Waals surface area contributed by atoms with E-state index in [2.05, 4.69) is 4.90 Å². The van der Waals surface area contributed by atoms with Crippen LogP contribution in [0.15, 0.2) is 24.3 Å². The maximum absolute atomic E-state index is 12.4. The fourth-order valence-electron chi connectivity index (χ4n) is 4.10. The van der Waals surface area contributed by atoms with Crippen LogP contribution in [0.25, 0.3) is 0 Å². The molecule has 3 aliphatic rings. The lowest BCUT2D eigenvalue weighted by Crippen LogP contribution is -2.63. The molecule has 0 bridgehead atoms. The van der Waals surface area contributed by atoms with Crippen molar-refractivity contribution in [2.45, 2.75) is 37.3 Å². The van der Waals surface area contributed by atoms with Crippen LogP contribution in [-0.4, -0.2) is 60.1 Å². The lowest BCUT2D eigenvalue weighted by atomic mass is 9.88. The average Bonchev–Trinajstić information content (AvgIpc) is 3.16. The second kappa shape index (κ2) is 6.08. The zero-order valence-corrected chi connectivity index (χ0v) is 14.1. The van der Waals surface area contributed by atoms with Gasteiger partial charge in [-0.25, -0.2) is 0 Å². The Labute approximate surface area is 142 Å². The molecule has 23 heavy (non-hydrogen) atoms. The van der Waals surface area contributed by atoms with Gasteiger partial charge in [-0.1, -0.05) is 23.7 Å². The first-order chi connectivity index (χ1) is 11.1. The standard InChI is InChI=1S/C18H23ClN2O2/c19-15-5-3-14(4-6-15)9-17(22)21-12-18(13-21)10-16(11-23-18)20-7-1-2-8-20/h3-6,16H,1-2,7-13H2/t16-/m0/s1. The number of carbonyl (C=O) groups excluding carboxylic acids is 1. The van der Waals surface area contributed by atoms with Crippen LogP contribution >= 0.6 is 11.6 Å². The molecule has 3 aliphatic heterocycles. The molecule has 0 radical (unpaired) electrons. The largest absolute Gasteiger partial charge is 0.370 e. The van der Waals surface area contributed by atoms with Crippen molar-refractivity contribution in [2.24, 2.45) is 0 Å². The molecule has 1 aromatic rings. The van der Waals surface area contributed by atoms with E-state index in [9.17, 15) is 4.79 Å². The fraction of sp³-hybridized carbons (Fsp3) is 0.611. The van der Waals surface area contributed by atoms with Gasteiger partial charge in [-0.2, -0.15) is 0 Å². The smallest absolute Gasteiger partial charge is 0.227 e. The summed E-state index contributed by atoms with van der Waals surface area (Å²) >= 11 is 5.88. The maximum Gasteiger partial charge on any atom is 0.227 e. The van der Waals surface area contributed by atoms with Gasteiger partial charge in [0, 0.05) is 11.1 Å². The number of nitrogens with zero attached hydrogens (tertiary/aromatic N) is 2. The zero-order chi connectivity index (χ0) is 15.9. The van der Waals surface area contributed by atoms with E-state index < -0.39 is 0 Å². The second-order valence-corrected chi connectivity index (χ2v) is 7.58. The van der Waals surface area contributed by atoms with E-state index in [-0.39, 0.29) is 11.5 Å². The molecule has 3 saturated heterocycles. The van der Waals surface area contributed by atoms with Crippen LogP contribution in [0.1, 0.15) is 24.8 Å². The Morgan fingerprint density at radius 2 is 1.91 bits per heavy atom. The van der Waals surface area contributed by atoms with Gasteiger partial charge < -0.3 is 9.64 Å². The van der Waals surface area contributed by atoms with E-state index in [1.54, 1.807) is 0 Å². The molecule has 0 unspecified atom stereocenters. The number of halogens is 1. The van der Waals surface area contributed by atoms with E-state index in [4.69, 9.17) is 16.3 Å². The molecule has 1 spiro atoms. The second-order valence-electron chi connectivity index (χ2n) is 7.15. The Morgan fingerprint density at radius 3 is 2.61 bits per heavy atom. The first-order valence-electron chi connectivity index (χ1n) is 8.54. The van der Waals surface area contributed by atoms with Gasteiger partial charge >= 0.3 is 0 Å². The third-order valence-electron chi connectivity index (χ3n) is 5.43. The first kappa shape index (κ1) is 15.4. The minimum Gasteiger partial charge on any atom is -0.370 e. The third-order valence-corrected chi connectivity index (χ3v) is 5.68. The first-order valence-corrected chi connectivity index (χ1v) is 8.92. The van der Waals surface area contributed by atoms with Gasteiger partial charge in [-0.3, -0.25) is 9.69 Å². The molecule has 3 fully saturated rings. The van der Waals surface area contributed by atoms with Crippen LogP contribution in [0.4, 0.5) is 0 Å². The minimum absolute atomic E-state index is 0.0666. The van der Waals surface area contributed by atoms with Crippen LogP contribution in [0.3, 0.4) is 0 Å². The molecule has 4 nitrogen and oxygen atoms in total. The van der Waals surface area contributed by atoms with Crippen molar-refractivity contribution in [1.82, 2.24) is 9.80 Å². The van der Waals surface area contributed by atoms with Crippen LogP contribution in [0.5, 0.6) is 0 Å². The maximum atomic E-state index is 12.4. The SMILES string of the molecule is O=C(Cc1ccc(Cl)cc1)N1CC2(C[C@H](N3CCCC3)CO2)C1. The Morgan fingerprint density at radius 1 is 1.22 bits per heavy atom. The molecule has 1 amide bonds. The molecular formula is C18H23ClN2O2. The molecule has 0 saturated carbocycles. The Hall–Kier alpha value is -1.10. The number of hydrogen-bond acceptors (Lipinski definition) is 3. The lowest BCUT2D eigenvalue weighted by Gasteiger charge is -2.47. The molecule has 0 N–H and O–H groups in total. The van der Waals surface area contributed by atoms with Gasteiger partial charge in [0.1, 0.15) is 5.60 Å². The summed E-state index contributed by atoms with van der Waals surface area (Å²) in [6.45, 7) is 4.76. The highest BCUT2D eigenvalue weighted by molar-refractivity contribution is 6.30. The van der Waals surface area contributed by atoms with Gasteiger partial charge in [-0.15, -0.1) is 0 Å². The zero-order valence-electron chi connectivity index (χ0n) is 13.3. The molecule has 0 aliphatic carbocycles. The van der Waals surface area contributed by atoms with E-state index in [0.29, 0.717) is 17.5 Å². The van der Waals surface area contributed by atoms with Crippen molar-refractivity contribution in [1.29, 1.82) is 0 Å². The molecule has 4 rings (SSSR count). The monoisotopic (exact) mass is 334 g/mol. The summed E-state index contributed by atoms with van der Waals surface area (Å²) in [5, 5.41) is 0.705. The van der Waals surface area contributed by atoms with Crippen LogP contribution in [0.2, 0.25) is 5.02 Å². The highest BCUT2D eigenvalue weighted by Crippen LogP contribution is 2.37. The van der Waals surface area contributed by atoms with Gasteiger partial charge in [0.15, 0.2) is 0 Å². The minimum atomic E-state index is -0.0666. The van der Waals surface area contributed by atoms with Crippen molar-refractivity contribution in [2.75, 3.05) is 32.8 Å². The number of hydrogen-bond donors (Lipinski definition) is 0. The summed E-state index contributed by atoms with van der Waals surface area (Å²) in [6.07, 6.45) is 4.16. The van der Waals surface area contributed by atoms with Gasteiger partial charge in [0.25, 0.3) is 0 Å². The third kappa shape index (κ3) is 3.12. The number of rotatable bonds is 3. The highest BCUT2D eigenvalue weighted by atomic mass is 35.5. The van der Waals surface area contributed by atoms with E-state index in [1.807, 2.05) is 29.2 Å². The van der Waals surface area contributed by atoms with Crippen molar-refractivity contribution in [3.63, 3.8) is 0 Å². The number of ether oxygens (including phenoxy) is 1. The van der Waals surface area contributed by atoms with E-state index in [1.165, 1.54) is 25.9 Å². The molecule has 0 aromatic heterocycles. The Kier molecular flexibility index (Phi) is 4.08. The van der Waals surface area contributed by atoms with Crippen LogP contribution in [-0.2, 0) is 16.0 Å². The van der Waals surface area contributed by atoms with Crippen LogP contribution in [0, 0.1) is 0 Å². The number of carbonyl (C=O) groups is 1. The van der Waals surface area contributed by atoms with Crippen molar-refractivity contribution < 1.29 is 9.53 Å². The lowest BCUT2D eigenvalue weighted by molar-refractivity contribution is -0.157. The van der Waals surface area contributed by atoms with Crippen LogP contribution < -0.4 is 0 Å². The van der Waals surface area contributed by atoms with Gasteiger partial charge in [0.05, 0.1) is 26.1 Å². The number of benzene rings is 1. The molecule has 5 heteroatoms. The topological polar surface area (TPSA) is 32.8 Å². The normalized spacial score (nSPS) is 26.7. The summed E-state index contributed by atoms with van der Waals surface area (Å²) in [5.74, 6) is 0.186. The number of amides is 1. The van der Waals surface area contributed by atoms with E-state index >= 15 is 0 Å². The Bertz CT molecular complexity index is 577. The van der Waals surface area contributed by atoms with Gasteiger partial charge in [0.2, 0.25) is 5.91 Å². The summed E-state index contributed by atoms with van der Waals surface area (Å²) in [6, 6.07) is 8.08. The van der Waals surface area contributed by atoms with E-state index in [0.717, 1.165) is 31.7 Å². The summed E-state index contributed by atoms with van der Waals surface area (Å²) in [7, 11) is 0. The molecule has 124 valence electrons. The molecule has 1 atom stereocenters. The highest BCUT2D eigenvalue weighted by Gasteiger charge is 2.52. The predicted octanol–water partition coefficient (Wildman–Crippen LogP) is 2.35. The summed E-state index contributed by atoms with van der Waals surface area (Å²) in [4.78, 5) is 16.9. The van der Waals surface area contributed by atoms with Crippen molar-refractivity contribution >= 4 is 17.5 Å². The fourth-order valence-corrected chi connectivity index (χ4v) is 4.22. The summed E-state index contributed by atoms with van der Waals surface area (Å²) in [5.41, 5.74) is 0.950. The predicted molar refractivity (Wildman–Crippen MR) is 89.6 cm³/mol. The molecular weight excluding hydrogens is 312 g/mol. The quantitative estimate of drug-likeness (QED) is 0.850. The molecule has 1 aromatic carbocycles. The van der Waals surface area contributed by atoms with Crippen molar-refractivity contribution in [3.05, 3.63) is 34.9 Å². The molecule has 3 heterocycles. The van der Waals surface area contributed by atoms with Gasteiger partial charge in [-0.05, 0) is 50.0 Å². The summed E-state index contributed by atoms with van der Waals surface area (Å²) < 4.78 is 6.09.